The number of nitrogens with one attached hydrogen (secondary N) is 2. The van der Waals surface area contributed by atoms with Crippen LogP contribution in [0.15, 0.2) is 41.7 Å². The molecule has 2 N–H and O–H groups in total. The van der Waals surface area contributed by atoms with Crippen LogP contribution in [0.5, 0.6) is 5.75 Å². The van der Waals surface area contributed by atoms with Gasteiger partial charge in [0.1, 0.15) is 23.7 Å². The lowest BCUT2D eigenvalue weighted by Crippen LogP contribution is -2.52. The molecular formula is C36H50N10O2S. The summed E-state index contributed by atoms with van der Waals surface area (Å²) in [5, 5.41) is 11.8. The van der Waals surface area contributed by atoms with Gasteiger partial charge < -0.3 is 24.8 Å². The molecule has 262 valence electrons. The van der Waals surface area contributed by atoms with E-state index in [1.165, 1.54) is 0 Å². The SMILES string of the molecule is Cc1[nH]nc(Nc2ncnc3cc(OCCCN4CCN(c5ccc(C(=O)N6CCN(C)[C@H](C)C6)cn5)CC4)c(SC(C)(C)C)cc23)c1C. The topological polar surface area (TPSA) is 119 Å². The largest absolute Gasteiger partial charge is 0.492 e. The fraction of sp³-hybridized carbons (Fsp3) is 0.528. The van der Waals surface area contributed by atoms with Crippen molar-refractivity contribution in [2.45, 2.75) is 63.6 Å². The molecule has 12 nitrogen and oxygen atoms in total. The Bertz CT molecular complexity index is 1750. The lowest BCUT2D eigenvalue weighted by molar-refractivity contribution is 0.0572. The Hall–Kier alpha value is -3.94. The summed E-state index contributed by atoms with van der Waals surface area (Å²) in [6, 6.07) is 8.47. The maximum atomic E-state index is 13.0. The third kappa shape index (κ3) is 8.45. The van der Waals surface area contributed by atoms with E-state index in [0.717, 1.165) is 109 Å². The van der Waals surface area contributed by atoms with Gasteiger partial charge in [0.2, 0.25) is 0 Å². The molecule has 3 aromatic heterocycles. The van der Waals surface area contributed by atoms with Crippen molar-refractivity contribution in [1.82, 2.24) is 39.8 Å². The van der Waals surface area contributed by atoms with E-state index in [4.69, 9.17) is 4.74 Å². The highest BCUT2D eigenvalue weighted by atomic mass is 32.2. The van der Waals surface area contributed by atoms with Crippen LogP contribution in [-0.2, 0) is 0 Å². The number of piperazine rings is 2. The van der Waals surface area contributed by atoms with Crippen molar-refractivity contribution in [3.8, 4) is 5.75 Å². The zero-order chi connectivity index (χ0) is 34.7. The maximum Gasteiger partial charge on any atom is 0.255 e. The Labute approximate surface area is 294 Å². The molecule has 0 radical (unpaired) electrons. The number of aromatic amines is 1. The molecule has 2 fully saturated rings. The lowest BCUT2D eigenvalue weighted by atomic mass is 10.1. The number of hydrogen-bond donors (Lipinski definition) is 2. The molecular weight excluding hydrogens is 637 g/mol. The Morgan fingerprint density at radius 3 is 2.51 bits per heavy atom. The molecule has 1 amide bonds. The Kier molecular flexibility index (Phi) is 10.6. The lowest BCUT2D eigenvalue weighted by Gasteiger charge is -2.37. The zero-order valence-corrected chi connectivity index (χ0v) is 30.7. The Morgan fingerprint density at radius 2 is 1.84 bits per heavy atom. The van der Waals surface area contributed by atoms with Gasteiger partial charge in [-0.1, -0.05) is 20.8 Å². The average molecular weight is 687 g/mol. The summed E-state index contributed by atoms with van der Waals surface area (Å²) in [6.45, 7) is 20.6. The number of hydrogen-bond acceptors (Lipinski definition) is 11. The van der Waals surface area contributed by atoms with Gasteiger partial charge in [-0.25, -0.2) is 15.0 Å². The second kappa shape index (κ2) is 14.9. The molecule has 5 heterocycles. The number of likely N-dealkylation sites (N-methyl/N-ethyl adjacent to an activating group) is 1. The third-order valence-electron chi connectivity index (χ3n) is 9.42. The summed E-state index contributed by atoms with van der Waals surface area (Å²) >= 11 is 1.78. The number of anilines is 3. The molecule has 4 aromatic rings. The number of H-pyrrole nitrogens is 1. The fourth-order valence-corrected chi connectivity index (χ4v) is 7.25. The first-order valence-corrected chi connectivity index (χ1v) is 18.1. The van der Waals surface area contributed by atoms with E-state index in [2.05, 4.69) is 86.0 Å². The van der Waals surface area contributed by atoms with Crippen LogP contribution in [-0.4, -0.2) is 123 Å². The second-order valence-electron chi connectivity index (χ2n) is 14.2. The molecule has 0 unspecified atom stereocenters. The van der Waals surface area contributed by atoms with Gasteiger partial charge in [-0.05, 0) is 52.4 Å². The van der Waals surface area contributed by atoms with Crippen molar-refractivity contribution in [1.29, 1.82) is 0 Å². The first kappa shape index (κ1) is 34.9. The zero-order valence-electron chi connectivity index (χ0n) is 29.9. The molecule has 13 heteroatoms. The molecule has 0 saturated carbocycles. The van der Waals surface area contributed by atoms with Gasteiger partial charge in [0.15, 0.2) is 5.82 Å². The molecule has 1 atom stereocenters. The summed E-state index contributed by atoms with van der Waals surface area (Å²) in [6.07, 6.45) is 4.25. The van der Waals surface area contributed by atoms with Crippen LogP contribution in [0.4, 0.5) is 17.5 Å². The van der Waals surface area contributed by atoms with Crippen LogP contribution in [0, 0.1) is 13.8 Å². The highest BCUT2D eigenvalue weighted by Crippen LogP contribution is 2.41. The molecule has 0 spiro atoms. The van der Waals surface area contributed by atoms with Gasteiger partial charge in [0.05, 0.1) is 22.6 Å². The molecule has 2 aliphatic rings. The number of carbonyl (C=O) groups excluding carboxylic acids is 1. The van der Waals surface area contributed by atoms with E-state index < -0.39 is 0 Å². The number of pyridine rings is 1. The number of carbonyl (C=O) groups is 1. The molecule has 1 aromatic carbocycles. The van der Waals surface area contributed by atoms with Crippen molar-refractivity contribution in [3.05, 3.63) is 53.6 Å². The minimum atomic E-state index is -0.00138. The average Bonchev–Trinajstić information content (AvgIpc) is 3.40. The van der Waals surface area contributed by atoms with Gasteiger partial charge in [-0.3, -0.25) is 14.8 Å². The number of aryl methyl sites for hydroxylation is 1. The highest BCUT2D eigenvalue weighted by molar-refractivity contribution is 8.00. The van der Waals surface area contributed by atoms with E-state index in [0.29, 0.717) is 18.2 Å². The fourth-order valence-electron chi connectivity index (χ4n) is 6.19. The van der Waals surface area contributed by atoms with E-state index >= 15 is 0 Å². The van der Waals surface area contributed by atoms with Crippen LogP contribution in [0.1, 0.15) is 55.7 Å². The standard InChI is InChI=1S/C36H50N10O2S/c1-24-22-46(15-12-43(24)7)35(47)27-9-10-32(37-21-27)45-16-13-44(14-17-45)11-8-18-48-30-20-29-28(19-31(30)49-36(4,5)6)34(39-23-38-29)40-33-25(2)26(3)41-42-33/h9-10,19-21,23-24H,8,11-18,22H2,1-7H3,(H2,38,39,40,41,42)/t24-/m1/s1. The van der Waals surface area contributed by atoms with E-state index in [9.17, 15) is 4.79 Å². The van der Waals surface area contributed by atoms with Crippen molar-refractivity contribution in [2.24, 2.45) is 0 Å². The van der Waals surface area contributed by atoms with Gasteiger partial charge in [-0.2, -0.15) is 5.10 Å². The number of amides is 1. The summed E-state index contributed by atoms with van der Waals surface area (Å²) < 4.78 is 6.44. The molecule has 2 saturated heterocycles. The molecule has 0 bridgehead atoms. The monoisotopic (exact) mass is 686 g/mol. The first-order valence-electron chi connectivity index (χ1n) is 17.3. The first-order chi connectivity index (χ1) is 23.4. The van der Waals surface area contributed by atoms with Crippen molar-refractivity contribution >= 4 is 46.0 Å². The molecule has 6 rings (SSSR count). The van der Waals surface area contributed by atoms with Gasteiger partial charge in [0, 0.05) is 92.1 Å². The quantitative estimate of drug-likeness (QED) is 0.166. The molecule has 49 heavy (non-hydrogen) atoms. The second-order valence-corrected chi connectivity index (χ2v) is 16.1. The minimum Gasteiger partial charge on any atom is -0.492 e. The predicted octanol–water partition coefficient (Wildman–Crippen LogP) is 5.37. The Balaban J connectivity index is 1.02. The summed E-state index contributed by atoms with van der Waals surface area (Å²) in [7, 11) is 2.11. The summed E-state index contributed by atoms with van der Waals surface area (Å²) in [5.74, 6) is 3.35. The van der Waals surface area contributed by atoms with Crippen molar-refractivity contribution in [3.63, 3.8) is 0 Å². The minimum absolute atomic E-state index is 0.00138. The van der Waals surface area contributed by atoms with Gasteiger partial charge in [0.25, 0.3) is 5.91 Å². The Morgan fingerprint density at radius 1 is 1.04 bits per heavy atom. The molecule has 0 aliphatic carbocycles. The smallest absolute Gasteiger partial charge is 0.255 e. The number of nitrogens with zero attached hydrogens (tertiary/aromatic N) is 8. The number of benzene rings is 1. The highest BCUT2D eigenvalue weighted by Gasteiger charge is 2.26. The normalized spacial score (nSPS) is 17.9. The van der Waals surface area contributed by atoms with Crippen LogP contribution >= 0.6 is 11.8 Å². The van der Waals surface area contributed by atoms with Crippen LogP contribution < -0.4 is 15.0 Å². The number of aromatic nitrogens is 5. The van der Waals surface area contributed by atoms with Crippen LogP contribution in [0.3, 0.4) is 0 Å². The van der Waals surface area contributed by atoms with E-state index in [-0.39, 0.29) is 10.7 Å². The van der Waals surface area contributed by atoms with Crippen LogP contribution in [0.2, 0.25) is 0 Å². The van der Waals surface area contributed by atoms with Crippen molar-refractivity contribution in [2.75, 3.05) is 76.2 Å². The van der Waals surface area contributed by atoms with E-state index in [1.54, 1.807) is 24.3 Å². The summed E-state index contributed by atoms with van der Waals surface area (Å²) in [4.78, 5) is 37.0. The predicted molar refractivity (Wildman–Crippen MR) is 197 cm³/mol. The molecule has 2 aliphatic heterocycles. The number of ether oxygens (including phenoxy) is 1. The number of thioether (sulfide) groups is 1. The number of rotatable bonds is 10. The van der Waals surface area contributed by atoms with Crippen LogP contribution in [0.25, 0.3) is 10.9 Å². The van der Waals surface area contributed by atoms with Gasteiger partial charge in [-0.15, -0.1) is 11.8 Å². The van der Waals surface area contributed by atoms with Crippen molar-refractivity contribution < 1.29 is 9.53 Å². The maximum absolute atomic E-state index is 13.0. The third-order valence-corrected chi connectivity index (χ3v) is 10.6. The van der Waals surface area contributed by atoms with E-state index in [1.807, 2.05) is 36.9 Å². The summed E-state index contributed by atoms with van der Waals surface area (Å²) in [5.41, 5.74) is 3.58. The number of fused-ring (bicyclic) bond motifs is 1. The van der Waals surface area contributed by atoms with Gasteiger partial charge >= 0.3 is 0 Å².